The maximum absolute atomic E-state index is 13.6. The Labute approximate surface area is 192 Å². The smallest absolute Gasteiger partial charge is 0.367 e. The van der Waals surface area contributed by atoms with E-state index in [1.807, 2.05) is 6.92 Å². The number of anilines is 1. The molecule has 0 spiro atoms. The lowest BCUT2D eigenvalue weighted by atomic mass is 9.90. The summed E-state index contributed by atoms with van der Waals surface area (Å²) in [4.78, 5) is 16.7. The van der Waals surface area contributed by atoms with Gasteiger partial charge < -0.3 is 10.2 Å². The summed E-state index contributed by atoms with van der Waals surface area (Å²) in [6.45, 7) is 2.88. The van der Waals surface area contributed by atoms with Crippen molar-refractivity contribution in [3.8, 4) is 5.69 Å². The third kappa shape index (κ3) is 5.08. The molecule has 2 atom stereocenters. The van der Waals surface area contributed by atoms with Crippen molar-refractivity contribution < 1.29 is 18.0 Å². The number of benzene rings is 1. The molecule has 1 aromatic carbocycles. The molecule has 1 unspecified atom stereocenters. The average molecular weight is 480 g/mol. The fourth-order valence-electron chi connectivity index (χ4n) is 3.95. The summed E-state index contributed by atoms with van der Waals surface area (Å²) in [5.74, 6) is 0.141. The van der Waals surface area contributed by atoms with Gasteiger partial charge in [-0.2, -0.15) is 28.2 Å². The first-order valence-electron chi connectivity index (χ1n) is 10.4. The molecule has 1 aliphatic heterocycles. The van der Waals surface area contributed by atoms with Gasteiger partial charge in [0.2, 0.25) is 0 Å². The minimum absolute atomic E-state index is 0.156. The first-order chi connectivity index (χ1) is 15.7. The standard InChI is InChI=1S/C21H21ClF3N7O/c1-13-3-2-10-31(17(13)12-26-19-7-6-18(29-30-19)21(23,24)25)20(33)15-11-14(22)4-5-16(15)32-27-8-9-28-32/h4-9,11,13,17H,2-3,10,12H2,1H3,(H,26,30)/t13-,17?/m1/s1. The summed E-state index contributed by atoms with van der Waals surface area (Å²) in [6, 6.07) is 6.83. The third-order valence-electron chi connectivity index (χ3n) is 5.65. The molecular weight excluding hydrogens is 459 g/mol. The number of carbonyl (C=O) groups is 1. The van der Waals surface area contributed by atoms with Crippen LogP contribution in [0.1, 0.15) is 35.8 Å². The lowest BCUT2D eigenvalue weighted by Crippen LogP contribution is -2.51. The number of hydrogen-bond donors (Lipinski definition) is 1. The molecule has 1 amide bonds. The number of amides is 1. The topological polar surface area (TPSA) is 88.8 Å². The monoisotopic (exact) mass is 479 g/mol. The molecule has 1 N–H and O–H groups in total. The van der Waals surface area contributed by atoms with E-state index >= 15 is 0 Å². The number of alkyl halides is 3. The Balaban J connectivity index is 1.55. The van der Waals surface area contributed by atoms with Gasteiger partial charge in [-0.15, -0.1) is 10.2 Å². The molecule has 0 radical (unpaired) electrons. The van der Waals surface area contributed by atoms with Gasteiger partial charge in [0.15, 0.2) is 5.69 Å². The van der Waals surface area contributed by atoms with Crippen molar-refractivity contribution in [3.05, 3.63) is 59.0 Å². The van der Waals surface area contributed by atoms with E-state index in [0.29, 0.717) is 29.4 Å². The summed E-state index contributed by atoms with van der Waals surface area (Å²) in [6.07, 6.45) is 0.232. The molecule has 3 heterocycles. The van der Waals surface area contributed by atoms with Gasteiger partial charge in [-0.05, 0) is 49.1 Å². The minimum atomic E-state index is -4.55. The number of rotatable bonds is 5. The molecule has 0 aliphatic carbocycles. The summed E-state index contributed by atoms with van der Waals surface area (Å²) in [5.41, 5.74) is -0.184. The highest BCUT2D eigenvalue weighted by atomic mass is 35.5. The lowest BCUT2D eigenvalue weighted by molar-refractivity contribution is -0.141. The summed E-state index contributed by atoms with van der Waals surface area (Å²) < 4.78 is 38.2. The number of halogens is 4. The predicted molar refractivity (Wildman–Crippen MR) is 115 cm³/mol. The Bertz CT molecular complexity index is 1110. The van der Waals surface area contributed by atoms with Crippen molar-refractivity contribution in [2.24, 2.45) is 5.92 Å². The zero-order valence-corrected chi connectivity index (χ0v) is 18.4. The minimum Gasteiger partial charge on any atom is -0.367 e. The van der Waals surface area contributed by atoms with Gasteiger partial charge in [-0.1, -0.05) is 18.5 Å². The van der Waals surface area contributed by atoms with Gasteiger partial charge >= 0.3 is 6.18 Å². The highest BCUT2D eigenvalue weighted by Crippen LogP contribution is 2.29. The van der Waals surface area contributed by atoms with Crippen LogP contribution in [0, 0.1) is 5.92 Å². The second-order valence-corrected chi connectivity index (χ2v) is 8.28. The van der Waals surface area contributed by atoms with Gasteiger partial charge in [0.05, 0.1) is 29.7 Å². The summed E-state index contributed by atoms with van der Waals surface area (Å²) in [7, 11) is 0. The Morgan fingerprint density at radius 3 is 2.61 bits per heavy atom. The van der Waals surface area contributed by atoms with Crippen molar-refractivity contribution in [2.75, 3.05) is 18.4 Å². The second-order valence-electron chi connectivity index (χ2n) is 7.85. The Morgan fingerprint density at radius 1 is 1.18 bits per heavy atom. The van der Waals surface area contributed by atoms with Crippen LogP contribution in [-0.4, -0.2) is 55.1 Å². The lowest BCUT2D eigenvalue weighted by Gasteiger charge is -2.40. The predicted octanol–water partition coefficient (Wildman–Crippen LogP) is 4.08. The zero-order chi connectivity index (χ0) is 23.6. The van der Waals surface area contributed by atoms with Crippen molar-refractivity contribution in [2.45, 2.75) is 32.0 Å². The molecule has 174 valence electrons. The molecule has 1 aliphatic rings. The van der Waals surface area contributed by atoms with Crippen LogP contribution in [0.25, 0.3) is 5.69 Å². The zero-order valence-electron chi connectivity index (χ0n) is 17.6. The van der Waals surface area contributed by atoms with E-state index < -0.39 is 11.9 Å². The number of hydrogen-bond acceptors (Lipinski definition) is 6. The van der Waals surface area contributed by atoms with E-state index in [2.05, 4.69) is 25.7 Å². The molecule has 0 bridgehead atoms. The molecule has 12 heteroatoms. The summed E-state index contributed by atoms with van der Waals surface area (Å²) >= 11 is 6.18. The molecule has 8 nitrogen and oxygen atoms in total. The highest BCUT2D eigenvalue weighted by molar-refractivity contribution is 6.31. The van der Waals surface area contributed by atoms with E-state index in [0.717, 1.165) is 18.9 Å². The number of carbonyl (C=O) groups excluding carboxylic acids is 1. The molecule has 4 rings (SSSR count). The molecule has 2 aromatic heterocycles. The van der Waals surface area contributed by atoms with Crippen LogP contribution in [0.15, 0.2) is 42.7 Å². The molecular formula is C21H21ClF3N7O. The molecule has 0 saturated carbocycles. The van der Waals surface area contributed by atoms with Crippen LogP contribution in [-0.2, 0) is 6.18 Å². The van der Waals surface area contributed by atoms with Crippen molar-refractivity contribution >= 4 is 23.3 Å². The van der Waals surface area contributed by atoms with Crippen LogP contribution in [0.4, 0.5) is 19.0 Å². The van der Waals surface area contributed by atoms with E-state index in [4.69, 9.17) is 11.6 Å². The maximum Gasteiger partial charge on any atom is 0.435 e. The average Bonchev–Trinajstić information content (AvgIpc) is 3.32. The van der Waals surface area contributed by atoms with Crippen LogP contribution >= 0.6 is 11.6 Å². The van der Waals surface area contributed by atoms with Gasteiger partial charge in [0, 0.05) is 18.1 Å². The normalized spacial score (nSPS) is 18.9. The number of aromatic nitrogens is 5. The van der Waals surface area contributed by atoms with E-state index in [1.165, 1.54) is 23.3 Å². The fourth-order valence-corrected chi connectivity index (χ4v) is 4.12. The van der Waals surface area contributed by atoms with Crippen LogP contribution < -0.4 is 5.32 Å². The number of likely N-dealkylation sites (tertiary alicyclic amines) is 1. The molecule has 3 aromatic rings. The SMILES string of the molecule is C[C@@H]1CCCN(C(=O)c2cc(Cl)ccc2-n2nccn2)C1CNc1ccc(C(F)(F)F)nn1. The van der Waals surface area contributed by atoms with Crippen molar-refractivity contribution in [3.63, 3.8) is 0 Å². The first kappa shape index (κ1) is 23.0. The Hall–Kier alpha value is -3.21. The Morgan fingerprint density at radius 2 is 1.94 bits per heavy atom. The summed E-state index contributed by atoms with van der Waals surface area (Å²) in [5, 5.41) is 18.5. The quantitative estimate of drug-likeness (QED) is 0.593. The van der Waals surface area contributed by atoms with Gasteiger partial charge in [-0.3, -0.25) is 4.79 Å². The third-order valence-corrected chi connectivity index (χ3v) is 5.88. The van der Waals surface area contributed by atoms with E-state index in [9.17, 15) is 18.0 Å². The Kier molecular flexibility index (Phi) is 6.50. The van der Waals surface area contributed by atoms with Gasteiger partial charge in [0.25, 0.3) is 5.91 Å². The number of nitrogens with zero attached hydrogens (tertiary/aromatic N) is 6. The number of nitrogens with one attached hydrogen (secondary N) is 1. The van der Waals surface area contributed by atoms with Crippen molar-refractivity contribution in [1.82, 2.24) is 30.1 Å². The number of piperidine rings is 1. The van der Waals surface area contributed by atoms with E-state index in [-0.39, 0.29) is 23.7 Å². The van der Waals surface area contributed by atoms with Crippen LogP contribution in [0.3, 0.4) is 0 Å². The van der Waals surface area contributed by atoms with E-state index in [1.54, 1.807) is 23.1 Å². The van der Waals surface area contributed by atoms with Gasteiger partial charge in [-0.25, -0.2) is 0 Å². The fraction of sp³-hybridized carbons (Fsp3) is 0.381. The first-order valence-corrected chi connectivity index (χ1v) is 10.7. The molecule has 1 saturated heterocycles. The van der Waals surface area contributed by atoms with Crippen LogP contribution in [0.2, 0.25) is 5.02 Å². The van der Waals surface area contributed by atoms with Gasteiger partial charge in [0.1, 0.15) is 5.82 Å². The highest BCUT2D eigenvalue weighted by Gasteiger charge is 2.35. The molecule has 33 heavy (non-hydrogen) atoms. The second kappa shape index (κ2) is 9.34. The largest absolute Gasteiger partial charge is 0.435 e. The molecule has 1 fully saturated rings. The van der Waals surface area contributed by atoms with Crippen molar-refractivity contribution in [1.29, 1.82) is 0 Å². The van der Waals surface area contributed by atoms with Crippen LogP contribution in [0.5, 0.6) is 0 Å². The maximum atomic E-state index is 13.6.